The highest BCUT2D eigenvalue weighted by atomic mass is 79.9. The quantitative estimate of drug-likeness (QED) is 0.550. The molecule has 2 aromatic carbocycles. The maximum atomic E-state index is 12.1. The lowest BCUT2D eigenvalue weighted by molar-refractivity contribution is 0.974. The summed E-state index contributed by atoms with van der Waals surface area (Å²) in [6, 6.07) is 12.9. The van der Waals surface area contributed by atoms with Crippen molar-refractivity contribution < 1.29 is 0 Å². The third-order valence-electron chi connectivity index (χ3n) is 2.75. The van der Waals surface area contributed by atoms with E-state index in [1.807, 2.05) is 24.3 Å². The molecule has 0 atom stereocenters. The van der Waals surface area contributed by atoms with Gasteiger partial charge in [-0.2, -0.15) is 0 Å². The zero-order chi connectivity index (χ0) is 14.1. The van der Waals surface area contributed by atoms with Gasteiger partial charge in [-0.25, -0.2) is 4.98 Å². The van der Waals surface area contributed by atoms with E-state index in [0.717, 1.165) is 9.37 Å². The van der Waals surface area contributed by atoms with Gasteiger partial charge in [-0.15, -0.1) is 0 Å². The predicted octanol–water partition coefficient (Wildman–Crippen LogP) is 3.42. The lowest BCUT2D eigenvalue weighted by Crippen LogP contribution is -2.09. The van der Waals surface area contributed by atoms with Crippen LogP contribution >= 0.6 is 27.7 Å². The van der Waals surface area contributed by atoms with Crippen LogP contribution in [0.1, 0.15) is 0 Å². The van der Waals surface area contributed by atoms with Crippen molar-refractivity contribution in [2.45, 2.75) is 10.1 Å². The summed E-state index contributed by atoms with van der Waals surface area (Å²) in [7, 11) is 0. The van der Waals surface area contributed by atoms with Crippen molar-refractivity contribution in [2.24, 2.45) is 0 Å². The molecule has 0 radical (unpaired) electrons. The van der Waals surface area contributed by atoms with E-state index >= 15 is 0 Å². The monoisotopic (exact) mass is 347 g/mol. The van der Waals surface area contributed by atoms with E-state index in [-0.39, 0.29) is 5.56 Å². The maximum absolute atomic E-state index is 12.1. The van der Waals surface area contributed by atoms with E-state index in [4.69, 9.17) is 5.73 Å². The lowest BCUT2D eigenvalue weighted by Gasteiger charge is -2.05. The largest absolute Gasteiger partial charge is 0.399 e. The number of aromatic amines is 1. The summed E-state index contributed by atoms with van der Waals surface area (Å²) < 4.78 is 0.963. The SMILES string of the molecule is Nc1ccc2nc(Sc3ccccc3Br)[nH]c(=O)c2c1. The first-order chi connectivity index (χ1) is 9.63. The predicted molar refractivity (Wildman–Crippen MR) is 85.0 cm³/mol. The van der Waals surface area contributed by atoms with Crippen molar-refractivity contribution in [2.75, 3.05) is 5.73 Å². The Morgan fingerprint density at radius 2 is 2.00 bits per heavy atom. The van der Waals surface area contributed by atoms with E-state index in [2.05, 4.69) is 25.9 Å². The number of anilines is 1. The number of nitrogens with zero attached hydrogens (tertiary/aromatic N) is 1. The first-order valence-electron chi connectivity index (χ1n) is 5.85. The third kappa shape index (κ3) is 2.57. The van der Waals surface area contributed by atoms with Crippen LogP contribution in [0.25, 0.3) is 10.9 Å². The molecule has 3 N–H and O–H groups in total. The molecule has 1 aromatic heterocycles. The third-order valence-corrected chi connectivity index (χ3v) is 4.67. The van der Waals surface area contributed by atoms with Crippen LogP contribution in [0.3, 0.4) is 0 Å². The molecule has 0 aliphatic rings. The molecule has 6 heteroatoms. The van der Waals surface area contributed by atoms with E-state index in [1.54, 1.807) is 18.2 Å². The second-order valence-electron chi connectivity index (χ2n) is 4.18. The van der Waals surface area contributed by atoms with E-state index < -0.39 is 0 Å². The van der Waals surface area contributed by atoms with Crippen molar-refractivity contribution in [3.8, 4) is 0 Å². The molecule has 0 amide bonds. The number of halogens is 1. The average molecular weight is 348 g/mol. The molecule has 100 valence electrons. The molecule has 1 heterocycles. The number of nitrogen functional groups attached to an aromatic ring is 1. The molecule has 0 aliphatic carbocycles. The number of hydrogen-bond acceptors (Lipinski definition) is 4. The molecule has 0 fully saturated rings. The Morgan fingerprint density at radius 3 is 2.80 bits per heavy atom. The van der Waals surface area contributed by atoms with Gasteiger partial charge in [-0.05, 0) is 46.3 Å². The summed E-state index contributed by atoms with van der Waals surface area (Å²) >= 11 is 4.88. The van der Waals surface area contributed by atoms with Crippen LogP contribution in [-0.2, 0) is 0 Å². The Labute approximate surface area is 127 Å². The summed E-state index contributed by atoms with van der Waals surface area (Å²) in [5.41, 5.74) is 6.69. The fraction of sp³-hybridized carbons (Fsp3) is 0. The van der Waals surface area contributed by atoms with E-state index in [1.165, 1.54) is 11.8 Å². The number of hydrogen-bond donors (Lipinski definition) is 2. The van der Waals surface area contributed by atoms with Gasteiger partial charge in [-0.3, -0.25) is 4.79 Å². The normalized spacial score (nSPS) is 10.8. The van der Waals surface area contributed by atoms with Gasteiger partial charge < -0.3 is 10.7 Å². The van der Waals surface area contributed by atoms with Crippen molar-refractivity contribution >= 4 is 44.3 Å². The van der Waals surface area contributed by atoms with Gasteiger partial charge in [0.05, 0.1) is 10.9 Å². The molecule has 3 aromatic rings. The van der Waals surface area contributed by atoms with Gasteiger partial charge in [0.25, 0.3) is 5.56 Å². The van der Waals surface area contributed by atoms with Gasteiger partial charge >= 0.3 is 0 Å². The minimum Gasteiger partial charge on any atom is -0.399 e. The molecule has 0 unspecified atom stereocenters. The van der Waals surface area contributed by atoms with E-state index in [9.17, 15) is 4.79 Å². The molecule has 0 bridgehead atoms. The second kappa shape index (κ2) is 5.30. The van der Waals surface area contributed by atoms with Crippen LogP contribution in [0.4, 0.5) is 5.69 Å². The van der Waals surface area contributed by atoms with Crippen LogP contribution in [0, 0.1) is 0 Å². The average Bonchev–Trinajstić information content (AvgIpc) is 2.42. The molecular formula is C14H10BrN3OS. The number of rotatable bonds is 2. The van der Waals surface area contributed by atoms with Crippen molar-refractivity contribution in [3.05, 3.63) is 57.3 Å². The molecule has 4 nitrogen and oxygen atoms in total. The highest BCUT2D eigenvalue weighted by Crippen LogP contribution is 2.31. The van der Waals surface area contributed by atoms with Crippen LogP contribution in [0.5, 0.6) is 0 Å². The lowest BCUT2D eigenvalue weighted by atomic mass is 10.2. The summed E-state index contributed by atoms with van der Waals surface area (Å²) in [4.78, 5) is 20.3. The fourth-order valence-electron chi connectivity index (χ4n) is 1.81. The Balaban J connectivity index is 2.08. The highest BCUT2D eigenvalue weighted by molar-refractivity contribution is 9.10. The van der Waals surface area contributed by atoms with Crippen molar-refractivity contribution in [3.63, 3.8) is 0 Å². The molecule has 3 rings (SSSR count). The number of fused-ring (bicyclic) bond motifs is 1. The number of nitrogens with one attached hydrogen (secondary N) is 1. The van der Waals surface area contributed by atoms with Crippen molar-refractivity contribution in [1.29, 1.82) is 0 Å². The van der Waals surface area contributed by atoms with Crippen LogP contribution in [0.2, 0.25) is 0 Å². The summed E-state index contributed by atoms with van der Waals surface area (Å²) in [5, 5.41) is 1.06. The zero-order valence-electron chi connectivity index (χ0n) is 10.3. The Kier molecular flexibility index (Phi) is 3.50. The topological polar surface area (TPSA) is 71.8 Å². The highest BCUT2D eigenvalue weighted by Gasteiger charge is 2.07. The first kappa shape index (κ1) is 13.2. The van der Waals surface area contributed by atoms with Crippen LogP contribution in [0.15, 0.2) is 61.8 Å². The van der Waals surface area contributed by atoms with Gasteiger partial charge in [0.1, 0.15) is 0 Å². The second-order valence-corrected chi connectivity index (χ2v) is 6.07. The van der Waals surface area contributed by atoms with Gasteiger partial charge in [0.2, 0.25) is 0 Å². The van der Waals surface area contributed by atoms with Gasteiger partial charge in [0, 0.05) is 15.1 Å². The molecule has 0 saturated carbocycles. The Bertz CT molecular complexity index is 847. The fourth-order valence-corrected chi connectivity index (χ4v) is 3.15. The zero-order valence-corrected chi connectivity index (χ0v) is 12.7. The molecule has 20 heavy (non-hydrogen) atoms. The molecular weight excluding hydrogens is 338 g/mol. The number of H-pyrrole nitrogens is 1. The minimum absolute atomic E-state index is 0.183. The van der Waals surface area contributed by atoms with Gasteiger partial charge in [-0.1, -0.05) is 23.9 Å². The molecule has 0 spiro atoms. The van der Waals surface area contributed by atoms with Gasteiger partial charge in [0.15, 0.2) is 5.16 Å². The van der Waals surface area contributed by atoms with Crippen molar-refractivity contribution in [1.82, 2.24) is 9.97 Å². The summed E-state index contributed by atoms with van der Waals surface area (Å²) in [5.74, 6) is 0. The van der Waals surface area contributed by atoms with E-state index in [0.29, 0.717) is 21.7 Å². The number of benzene rings is 2. The Morgan fingerprint density at radius 1 is 1.20 bits per heavy atom. The maximum Gasteiger partial charge on any atom is 0.259 e. The summed E-state index contributed by atoms with van der Waals surface area (Å²) in [6.45, 7) is 0. The number of nitrogens with two attached hydrogens (primary N) is 1. The Hall–Kier alpha value is -1.79. The number of aromatic nitrogens is 2. The standard InChI is InChI=1S/C14H10BrN3OS/c15-10-3-1-2-4-12(10)20-14-17-11-6-5-8(16)7-9(11)13(19)18-14/h1-7H,16H2,(H,17,18,19). The smallest absolute Gasteiger partial charge is 0.259 e. The van der Waals surface area contributed by atoms with Crippen LogP contribution in [-0.4, -0.2) is 9.97 Å². The minimum atomic E-state index is -0.183. The summed E-state index contributed by atoms with van der Waals surface area (Å²) in [6.07, 6.45) is 0. The first-order valence-corrected chi connectivity index (χ1v) is 7.46. The van der Waals surface area contributed by atoms with Crippen LogP contribution < -0.4 is 11.3 Å². The molecule has 0 saturated heterocycles. The molecule has 0 aliphatic heterocycles.